The standard InChI is InChI=1S/C10H7F2NO2S/c11-9(12)15-7-3-1-2-6(4-7)8-5-16-10(14)13-8/h1-5,9H,(H,13,14). The van der Waals surface area contributed by atoms with Crippen molar-refractivity contribution in [2.45, 2.75) is 6.61 Å². The molecule has 0 spiro atoms. The highest BCUT2D eigenvalue weighted by atomic mass is 32.1. The van der Waals surface area contributed by atoms with E-state index in [1.54, 1.807) is 17.5 Å². The summed E-state index contributed by atoms with van der Waals surface area (Å²) in [7, 11) is 0. The van der Waals surface area contributed by atoms with Gasteiger partial charge in [-0.1, -0.05) is 23.5 Å². The van der Waals surface area contributed by atoms with E-state index in [9.17, 15) is 13.6 Å². The molecule has 2 rings (SSSR count). The first-order valence-corrected chi connectivity index (χ1v) is 5.26. The average molecular weight is 243 g/mol. The zero-order chi connectivity index (χ0) is 11.5. The number of thiazole rings is 1. The fourth-order valence-electron chi connectivity index (χ4n) is 1.26. The van der Waals surface area contributed by atoms with Gasteiger partial charge in [-0.15, -0.1) is 0 Å². The van der Waals surface area contributed by atoms with Crippen LogP contribution in [0.25, 0.3) is 11.3 Å². The van der Waals surface area contributed by atoms with Gasteiger partial charge in [0.2, 0.25) is 0 Å². The van der Waals surface area contributed by atoms with E-state index in [0.717, 1.165) is 11.3 Å². The predicted molar refractivity (Wildman–Crippen MR) is 57.0 cm³/mol. The van der Waals surface area contributed by atoms with E-state index in [-0.39, 0.29) is 10.6 Å². The molecule has 6 heteroatoms. The maximum Gasteiger partial charge on any atom is 0.387 e. The van der Waals surface area contributed by atoms with E-state index < -0.39 is 6.61 Å². The molecule has 16 heavy (non-hydrogen) atoms. The Balaban J connectivity index is 2.32. The summed E-state index contributed by atoms with van der Waals surface area (Å²) < 4.78 is 28.2. The lowest BCUT2D eigenvalue weighted by Crippen LogP contribution is -2.01. The number of ether oxygens (including phenoxy) is 1. The molecule has 0 aliphatic rings. The number of H-pyrrole nitrogens is 1. The SMILES string of the molecule is O=c1[nH]c(-c2cccc(OC(F)F)c2)cs1. The van der Waals surface area contributed by atoms with Crippen molar-refractivity contribution < 1.29 is 13.5 Å². The third-order valence-corrected chi connectivity index (χ3v) is 2.56. The van der Waals surface area contributed by atoms with Crippen molar-refractivity contribution in [1.29, 1.82) is 0 Å². The third kappa shape index (κ3) is 2.46. The van der Waals surface area contributed by atoms with Crippen LogP contribution in [0.15, 0.2) is 34.4 Å². The number of aromatic nitrogens is 1. The summed E-state index contributed by atoms with van der Waals surface area (Å²) in [5, 5.41) is 1.63. The molecule has 0 radical (unpaired) electrons. The molecule has 84 valence electrons. The lowest BCUT2D eigenvalue weighted by Gasteiger charge is -2.05. The van der Waals surface area contributed by atoms with Gasteiger partial charge in [0.05, 0.1) is 5.69 Å². The Hall–Kier alpha value is -1.69. The lowest BCUT2D eigenvalue weighted by molar-refractivity contribution is -0.0498. The van der Waals surface area contributed by atoms with Crippen molar-refractivity contribution in [1.82, 2.24) is 4.98 Å². The van der Waals surface area contributed by atoms with Gasteiger partial charge in [0.1, 0.15) is 5.75 Å². The van der Waals surface area contributed by atoms with Crippen LogP contribution in [-0.2, 0) is 0 Å². The highest BCUT2D eigenvalue weighted by molar-refractivity contribution is 7.07. The highest BCUT2D eigenvalue weighted by Crippen LogP contribution is 2.23. The molecule has 0 fully saturated rings. The van der Waals surface area contributed by atoms with Gasteiger partial charge in [-0.2, -0.15) is 8.78 Å². The second-order valence-electron chi connectivity index (χ2n) is 2.97. The Morgan fingerprint density at radius 1 is 1.38 bits per heavy atom. The zero-order valence-electron chi connectivity index (χ0n) is 7.94. The van der Waals surface area contributed by atoms with Crippen molar-refractivity contribution in [3.8, 4) is 17.0 Å². The maximum atomic E-state index is 12.0. The Kier molecular flexibility index (Phi) is 3.00. The zero-order valence-corrected chi connectivity index (χ0v) is 8.76. The highest BCUT2D eigenvalue weighted by Gasteiger charge is 2.06. The van der Waals surface area contributed by atoms with Crippen LogP contribution in [0.3, 0.4) is 0 Å². The van der Waals surface area contributed by atoms with Crippen molar-refractivity contribution >= 4 is 11.3 Å². The fourth-order valence-corrected chi connectivity index (χ4v) is 1.85. The lowest BCUT2D eigenvalue weighted by atomic mass is 10.2. The molecule has 2 aromatic rings. The molecule has 0 amide bonds. The van der Waals surface area contributed by atoms with E-state index in [2.05, 4.69) is 9.72 Å². The first-order valence-electron chi connectivity index (χ1n) is 4.38. The number of hydrogen-bond donors (Lipinski definition) is 1. The van der Waals surface area contributed by atoms with Crippen LogP contribution in [0.4, 0.5) is 8.78 Å². The summed E-state index contributed by atoms with van der Waals surface area (Å²) in [4.78, 5) is 13.3. The van der Waals surface area contributed by atoms with Crippen molar-refractivity contribution in [2.24, 2.45) is 0 Å². The molecule has 0 saturated carbocycles. The first kappa shape index (κ1) is 10.8. The predicted octanol–water partition coefficient (Wildman–Crippen LogP) is 2.70. The minimum atomic E-state index is -2.85. The third-order valence-electron chi connectivity index (χ3n) is 1.89. The van der Waals surface area contributed by atoms with E-state index in [0.29, 0.717) is 11.3 Å². The molecule has 1 heterocycles. The normalized spacial score (nSPS) is 10.7. The van der Waals surface area contributed by atoms with E-state index in [1.165, 1.54) is 12.1 Å². The Labute approximate surface area is 93.3 Å². The number of alkyl halides is 2. The summed E-state index contributed by atoms with van der Waals surface area (Å²) in [6, 6.07) is 6.17. The van der Waals surface area contributed by atoms with Crippen LogP contribution in [0.1, 0.15) is 0 Å². The Morgan fingerprint density at radius 2 is 2.19 bits per heavy atom. The topological polar surface area (TPSA) is 42.1 Å². The van der Waals surface area contributed by atoms with E-state index >= 15 is 0 Å². The van der Waals surface area contributed by atoms with Gasteiger partial charge in [-0.05, 0) is 12.1 Å². The first-order chi connectivity index (χ1) is 7.65. The summed E-state index contributed by atoms with van der Waals surface area (Å²) in [5.41, 5.74) is 1.23. The molecular weight excluding hydrogens is 236 g/mol. The number of benzene rings is 1. The number of nitrogens with one attached hydrogen (secondary N) is 1. The summed E-state index contributed by atoms with van der Waals surface area (Å²) in [6.07, 6.45) is 0. The average Bonchev–Trinajstić information content (AvgIpc) is 2.64. The van der Waals surface area contributed by atoms with Gasteiger partial charge in [0, 0.05) is 10.9 Å². The summed E-state index contributed by atoms with van der Waals surface area (Å²) in [5.74, 6) is 0.0690. The monoisotopic (exact) mass is 243 g/mol. The summed E-state index contributed by atoms with van der Waals surface area (Å²) in [6.45, 7) is -2.85. The molecule has 0 saturated heterocycles. The smallest absolute Gasteiger partial charge is 0.387 e. The molecule has 0 unspecified atom stereocenters. The van der Waals surface area contributed by atoms with Gasteiger partial charge in [0.25, 0.3) is 0 Å². The maximum absolute atomic E-state index is 12.0. The summed E-state index contributed by atoms with van der Waals surface area (Å²) >= 11 is 1.02. The minimum Gasteiger partial charge on any atom is -0.435 e. The quantitative estimate of drug-likeness (QED) is 0.900. The molecule has 1 aromatic carbocycles. The van der Waals surface area contributed by atoms with Crippen LogP contribution >= 0.6 is 11.3 Å². The molecule has 0 bridgehead atoms. The van der Waals surface area contributed by atoms with Crippen molar-refractivity contribution in [3.63, 3.8) is 0 Å². The number of halogens is 2. The van der Waals surface area contributed by atoms with Crippen molar-refractivity contribution in [2.75, 3.05) is 0 Å². The molecule has 3 nitrogen and oxygen atoms in total. The van der Waals surface area contributed by atoms with Crippen LogP contribution in [0.2, 0.25) is 0 Å². The van der Waals surface area contributed by atoms with Crippen molar-refractivity contribution in [3.05, 3.63) is 39.3 Å². The second-order valence-corrected chi connectivity index (χ2v) is 3.81. The largest absolute Gasteiger partial charge is 0.435 e. The number of aromatic amines is 1. The van der Waals surface area contributed by atoms with Crippen LogP contribution in [0.5, 0.6) is 5.75 Å². The van der Waals surface area contributed by atoms with Gasteiger partial charge in [-0.25, -0.2) is 0 Å². The van der Waals surface area contributed by atoms with E-state index in [4.69, 9.17) is 0 Å². The molecule has 1 aromatic heterocycles. The van der Waals surface area contributed by atoms with Gasteiger partial charge in [-0.3, -0.25) is 4.79 Å². The number of rotatable bonds is 3. The number of hydrogen-bond acceptors (Lipinski definition) is 3. The molecule has 0 atom stereocenters. The fraction of sp³-hybridized carbons (Fsp3) is 0.100. The second kappa shape index (κ2) is 4.44. The molecule has 0 aliphatic carbocycles. The molecular formula is C10H7F2NO2S. The van der Waals surface area contributed by atoms with Crippen LogP contribution in [-0.4, -0.2) is 11.6 Å². The molecule has 0 aliphatic heterocycles. The minimum absolute atomic E-state index is 0.0690. The van der Waals surface area contributed by atoms with Gasteiger partial charge in [0.15, 0.2) is 0 Å². The van der Waals surface area contributed by atoms with Gasteiger partial charge >= 0.3 is 11.5 Å². The van der Waals surface area contributed by atoms with Crippen LogP contribution < -0.4 is 9.61 Å². The van der Waals surface area contributed by atoms with Gasteiger partial charge < -0.3 is 9.72 Å². The molecule has 1 N–H and O–H groups in total. The van der Waals surface area contributed by atoms with Crippen LogP contribution in [0, 0.1) is 0 Å². The Morgan fingerprint density at radius 3 is 2.81 bits per heavy atom. The van der Waals surface area contributed by atoms with E-state index in [1.807, 2.05) is 0 Å². The Bertz CT molecular complexity index is 535.